The Bertz CT molecular complexity index is 1050. The molecular formula is C20H18N2O5. The first-order valence-electron chi connectivity index (χ1n) is 8.23. The van der Waals surface area contributed by atoms with Crippen LogP contribution in [0.2, 0.25) is 0 Å². The molecule has 1 aromatic carbocycles. The van der Waals surface area contributed by atoms with E-state index in [-0.39, 0.29) is 17.9 Å². The molecule has 1 N–H and O–H groups in total. The Morgan fingerprint density at radius 1 is 1.11 bits per heavy atom. The standard InChI is InChI=1S/C20H18N2O5/c1-13-15(20(25)26-2)6-5-7-16(13)21-19(24)17-10-9-14(27-17)12-22-11-4-3-8-18(22)23/h3-11H,12H2,1-2H3,(H,21,24). The first-order valence-corrected chi connectivity index (χ1v) is 8.23. The van der Waals surface area contributed by atoms with E-state index in [1.807, 2.05) is 0 Å². The summed E-state index contributed by atoms with van der Waals surface area (Å²) in [6.07, 6.45) is 1.65. The van der Waals surface area contributed by atoms with Crippen molar-refractivity contribution in [3.8, 4) is 0 Å². The van der Waals surface area contributed by atoms with E-state index in [2.05, 4.69) is 5.32 Å². The number of ether oxygens (including phenoxy) is 1. The Hall–Kier alpha value is -3.61. The van der Waals surface area contributed by atoms with Gasteiger partial charge in [-0.25, -0.2) is 4.79 Å². The number of amides is 1. The number of carbonyl (C=O) groups excluding carboxylic acids is 2. The van der Waals surface area contributed by atoms with Crippen molar-refractivity contribution in [1.82, 2.24) is 4.57 Å². The molecule has 0 aliphatic heterocycles. The molecule has 0 aliphatic carbocycles. The quantitative estimate of drug-likeness (QED) is 0.701. The van der Waals surface area contributed by atoms with Crippen molar-refractivity contribution in [2.75, 3.05) is 12.4 Å². The molecule has 0 spiro atoms. The lowest BCUT2D eigenvalue weighted by Crippen LogP contribution is -2.18. The number of furan rings is 1. The second-order valence-corrected chi connectivity index (χ2v) is 5.86. The highest BCUT2D eigenvalue weighted by atomic mass is 16.5. The maximum atomic E-state index is 12.5. The van der Waals surface area contributed by atoms with Crippen LogP contribution < -0.4 is 10.9 Å². The maximum absolute atomic E-state index is 12.5. The SMILES string of the molecule is COC(=O)c1cccc(NC(=O)c2ccc(Cn3ccccc3=O)o2)c1C. The minimum absolute atomic E-state index is 0.108. The van der Waals surface area contributed by atoms with Gasteiger partial charge in [0.05, 0.1) is 19.2 Å². The van der Waals surface area contributed by atoms with Gasteiger partial charge in [-0.05, 0) is 42.8 Å². The van der Waals surface area contributed by atoms with Crippen molar-refractivity contribution in [3.63, 3.8) is 0 Å². The third-order valence-corrected chi connectivity index (χ3v) is 4.10. The molecule has 7 heteroatoms. The van der Waals surface area contributed by atoms with Crippen molar-refractivity contribution in [3.05, 3.63) is 87.7 Å². The number of nitrogens with zero attached hydrogens (tertiary/aromatic N) is 1. The molecule has 0 fully saturated rings. The van der Waals surface area contributed by atoms with Crippen LogP contribution in [0.1, 0.15) is 32.2 Å². The molecule has 2 heterocycles. The predicted octanol–water partition coefficient (Wildman–Crippen LogP) is 2.84. The van der Waals surface area contributed by atoms with Crippen LogP contribution in [0.15, 0.2) is 63.9 Å². The third-order valence-electron chi connectivity index (χ3n) is 4.10. The highest BCUT2D eigenvalue weighted by molar-refractivity contribution is 6.04. The van der Waals surface area contributed by atoms with E-state index < -0.39 is 11.9 Å². The van der Waals surface area contributed by atoms with Gasteiger partial charge in [-0.2, -0.15) is 0 Å². The van der Waals surface area contributed by atoms with Crippen molar-refractivity contribution in [2.24, 2.45) is 0 Å². The predicted molar refractivity (Wildman–Crippen MR) is 99.0 cm³/mol. The molecule has 7 nitrogen and oxygen atoms in total. The normalized spacial score (nSPS) is 10.4. The van der Waals surface area contributed by atoms with E-state index >= 15 is 0 Å². The molecule has 3 aromatic rings. The lowest BCUT2D eigenvalue weighted by atomic mass is 10.1. The zero-order chi connectivity index (χ0) is 19.4. The first-order chi connectivity index (χ1) is 13.0. The number of hydrogen-bond donors (Lipinski definition) is 1. The number of anilines is 1. The topological polar surface area (TPSA) is 90.5 Å². The van der Waals surface area contributed by atoms with Crippen molar-refractivity contribution < 1.29 is 18.7 Å². The van der Waals surface area contributed by atoms with Gasteiger partial charge in [0.15, 0.2) is 5.76 Å². The summed E-state index contributed by atoms with van der Waals surface area (Å²) in [4.78, 5) is 36.0. The Labute approximate surface area is 155 Å². The molecule has 0 saturated carbocycles. The van der Waals surface area contributed by atoms with Crippen LogP contribution in [0.5, 0.6) is 0 Å². The van der Waals surface area contributed by atoms with Gasteiger partial charge in [0.2, 0.25) is 0 Å². The summed E-state index contributed by atoms with van der Waals surface area (Å²) in [6.45, 7) is 1.95. The van der Waals surface area contributed by atoms with Crippen molar-refractivity contribution in [2.45, 2.75) is 13.5 Å². The monoisotopic (exact) mass is 366 g/mol. The Balaban J connectivity index is 1.76. The van der Waals surface area contributed by atoms with E-state index in [1.54, 1.807) is 49.5 Å². The smallest absolute Gasteiger partial charge is 0.338 e. The molecule has 138 valence electrons. The molecule has 1 amide bonds. The minimum atomic E-state index is -0.475. The molecule has 3 rings (SSSR count). The molecule has 27 heavy (non-hydrogen) atoms. The number of hydrogen-bond acceptors (Lipinski definition) is 5. The van der Waals surface area contributed by atoms with Crippen LogP contribution in [0.3, 0.4) is 0 Å². The van der Waals surface area contributed by atoms with E-state index in [0.717, 1.165) is 0 Å². The van der Waals surface area contributed by atoms with Crippen LogP contribution in [-0.2, 0) is 11.3 Å². The number of nitrogens with one attached hydrogen (secondary N) is 1. The Morgan fingerprint density at radius 2 is 1.93 bits per heavy atom. The molecule has 2 aromatic heterocycles. The average molecular weight is 366 g/mol. The molecule has 0 atom stereocenters. The number of aromatic nitrogens is 1. The summed E-state index contributed by atoms with van der Waals surface area (Å²) in [5, 5.41) is 2.73. The lowest BCUT2D eigenvalue weighted by Gasteiger charge is -2.10. The van der Waals surface area contributed by atoms with Gasteiger partial charge in [-0.1, -0.05) is 12.1 Å². The van der Waals surface area contributed by atoms with Gasteiger partial charge in [0.1, 0.15) is 5.76 Å². The fraction of sp³-hybridized carbons (Fsp3) is 0.150. The van der Waals surface area contributed by atoms with E-state index in [0.29, 0.717) is 22.6 Å². The number of methoxy groups -OCH3 is 1. The van der Waals surface area contributed by atoms with Crippen LogP contribution in [0, 0.1) is 6.92 Å². The van der Waals surface area contributed by atoms with Gasteiger partial charge in [0.25, 0.3) is 11.5 Å². The molecule has 0 unspecified atom stereocenters. The summed E-state index contributed by atoms with van der Waals surface area (Å²) in [7, 11) is 1.30. The largest absolute Gasteiger partial charge is 0.465 e. The van der Waals surface area contributed by atoms with Crippen molar-refractivity contribution in [1.29, 1.82) is 0 Å². The summed E-state index contributed by atoms with van der Waals surface area (Å²) < 4.78 is 11.8. The molecular weight excluding hydrogens is 348 g/mol. The molecule has 0 aliphatic rings. The lowest BCUT2D eigenvalue weighted by molar-refractivity contribution is 0.0599. The summed E-state index contributed by atoms with van der Waals surface area (Å²) in [5.41, 5.74) is 1.30. The first kappa shape index (κ1) is 18.2. The minimum Gasteiger partial charge on any atom is -0.465 e. The summed E-state index contributed by atoms with van der Waals surface area (Å²) in [6, 6.07) is 13.0. The second-order valence-electron chi connectivity index (χ2n) is 5.86. The third kappa shape index (κ3) is 3.98. The highest BCUT2D eigenvalue weighted by Gasteiger charge is 2.16. The highest BCUT2D eigenvalue weighted by Crippen LogP contribution is 2.21. The van der Waals surface area contributed by atoms with Crippen LogP contribution in [0.25, 0.3) is 0 Å². The maximum Gasteiger partial charge on any atom is 0.338 e. The average Bonchev–Trinajstić information content (AvgIpc) is 3.13. The number of benzene rings is 1. The van der Waals surface area contributed by atoms with Crippen LogP contribution >= 0.6 is 0 Å². The number of rotatable bonds is 5. The fourth-order valence-electron chi connectivity index (χ4n) is 2.63. The number of pyridine rings is 1. The van der Waals surface area contributed by atoms with Gasteiger partial charge in [0, 0.05) is 18.0 Å². The second kappa shape index (κ2) is 7.74. The van der Waals surface area contributed by atoms with E-state index in [1.165, 1.54) is 23.8 Å². The van der Waals surface area contributed by atoms with E-state index in [9.17, 15) is 14.4 Å². The number of esters is 1. The van der Waals surface area contributed by atoms with Crippen LogP contribution in [0.4, 0.5) is 5.69 Å². The molecule has 0 saturated heterocycles. The van der Waals surface area contributed by atoms with Gasteiger partial charge in [-0.15, -0.1) is 0 Å². The van der Waals surface area contributed by atoms with Gasteiger partial charge >= 0.3 is 5.97 Å². The zero-order valence-corrected chi connectivity index (χ0v) is 14.9. The molecule has 0 bridgehead atoms. The van der Waals surface area contributed by atoms with Crippen LogP contribution in [-0.4, -0.2) is 23.6 Å². The number of carbonyl (C=O) groups is 2. The zero-order valence-electron chi connectivity index (χ0n) is 14.9. The summed E-state index contributed by atoms with van der Waals surface area (Å²) >= 11 is 0. The van der Waals surface area contributed by atoms with Gasteiger partial charge < -0.3 is 19.0 Å². The van der Waals surface area contributed by atoms with E-state index in [4.69, 9.17) is 9.15 Å². The Kier molecular flexibility index (Phi) is 5.21. The Morgan fingerprint density at radius 3 is 2.67 bits per heavy atom. The van der Waals surface area contributed by atoms with Crippen molar-refractivity contribution >= 4 is 17.6 Å². The molecule has 0 radical (unpaired) electrons. The summed E-state index contributed by atoms with van der Waals surface area (Å²) in [5.74, 6) is -0.339. The van der Waals surface area contributed by atoms with Gasteiger partial charge in [-0.3, -0.25) is 9.59 Å². The fourth-order valence-corrected chi connectivity index (χ4v) is 2.63.